The zero-order valence-corrected chi connectivity index (χ0v) is 21.1. The maximum atomic E-state index is 6.00. The summed E-state index contributed by atoms with van der Waals surface area (Å²) < 4.78 is 23.6. The van der Waals surface area contributed by atoms with Gasteiger partial charge in [-0.3, -0.25) is 0 Å². The molecule has 0 aliphatic heterocycles. The van der Waals surface area contributed by atoms with Crippen LogP contribution in [-0.4, -0.2) is 28.4 Å². The smallest absolute Gasteiger partial charge is 0.130 e. The van der Waals surface area contributed by atoms with Crippen molar-refractivity contribution in [2.24, 2.45) is 0 Å². The Bertz CT molecular complexity index is 1450. The summed E-state index contributed by atoms with van der Waals surface area (Å²) in [6, 6.07) is 22.9. The average Bonchev–Trinajstić information content (AvgIpc) is 2.92. The van der Waals surface area contributed by atoms with Crippen molar-refractivity contribution in [3.05, 3.63) is 102 Å². The van der Waals surface area contributed by atoms with Crippen molar-refractivity contribution in [2.75, 3.05) is 28.4 Å². The van der Waals surface area contributed by atoms with Gasteiger partial charge in [0, 0.05) is 17.5 Å². The summed E-state index contributed by atoms with van der Waals surface area (Å²) in [5, 5.41) is 4.42. The van der Waals surface area contributed by atoms with Gasteiger partial charge < -0.3 is 18.9 Å². The highest BCUT2D eigenvalue weighted by Gasteiger charge is 2.26. The van der Waals surface area contributed by atoms with E-state index in [0.29, 0.717) is 0 Å². The highest BCUT2D eigenvalue weighted by atomic mass is 16.5. The van der Waals surface area contributed by atoms with E-state index in [0.717, 1.165) is 79.7 Å². The van der Waals surface area contributed by atoms with Gasteiger partial charge in [-0.1, -0.05) is 66.7 Å². The lowest BCUT2D eigenvalue weighted by atomic mass is 9.84. The summed E-state index contributed by atoms with van der Waals surface area (Å²) >= 11 is 0. The lowest BCUT2D eigenvalue weighted by Gasteiger charge is -2.24. The molecule has 1 aliphatic rings. The van der Waals surface area contributed by atoms with Gasteiger partial charge in [-0.2, -0.15) is 0 Å². The number of allylic oxidation sites excluding steroid dienone is 5. The third kappa shape index (κ3) is 3.89. The lowest BCUT2D eigenvalue weighted by Crippen LogP contribution is -2.04. The molecule has 0 saturated carbocycles. The summed E-state index contributed by atoms with van der Waals surface area (Å²) in [4.78, 5) is 0. The second-order valence-electron chi connectivity index (χ2n) is 8.58. The maximum absolute atomic E-state index is 6.00. The number of rotatable bonds is 6. The molecule has 5 rings (SSSR count). The highest BCUT2D eigenvalue weighted by molar-refractivity contribution is 6.20. The van der Waals surface area contributed by atoms with Crippen molar-refractivity contribution in [1.29, 1.82) is 0 Å². The van der Waals surface area contributed by atoms with Crippen LogP contribution in [-0.2, 0) is 9.47 Å². The molecule has 0 unspecified atom stereocenters. The van der Waals surface area contributed by atoms with E-state index in [-0.39, 0.29) is 0 Å². The van der Waals surface area contributed by atoms with Crippen LogP contribution in [0.2, 0.25) is 0 Å². The molecule has 0 radical (unpaired) electrons. The zero-order chi connectivity index (χ0) is 25.1. The quantitative estimate of drug-likeness (QED) is 0.264. The largest absolute Gasteiger partial charge is 0.500 e. The Morgan fingerprint density at radius 1 is 0.556 bits per heavy atom. The Hall–Kier alpha value is -4.18. The third-order valence-corrected chi connectivity index (χ3v) is 6.77. The first-order chi connectivity index (χ1) is 17.7. The summed E-state index contributed by atoms with van der Waals surface area (Å²) in [6.45, 7) is 0. The predicted octanol–water partition coefficient (Wildman–Crippen LogP) is 7.92. The van der Waals surface area contributed by atoms with Gasteiger partial charge in [0.15, 0.2) is 0 Å². The molecule has 36 heavy (non-hydrogen) atoms. The lowest BCUT2D eigenvalue weighted by molar-refractivity contribution is 0.270. The van der Waals surface area contributed by atoms with E-state index in [1.54, 1.807) is 28.4 Å². The minimum atomic E-state index is 0.766. The number of hydrogen-bond acceptors (Lipinski definition) is 4. The third-order valence-electron chi connectivity index (χ3n) is 6.77. The van der Waals surface area contributed by atoms with Gasteiger partial charge in [0.2, 0.25) is 0 Å². The molecule has 0 saturated heterocycles. The fraction of sp³-hybridized carbons (Fsp3) is 0.188. The number of benzene rings is 4. The Kier molecular flexibility index (Phi) is 6.68. The molecule has 4 aromatic rings. The molecule has 4 nitrogen and oxygen atoms in total. The van der Waals surface area contributed by atoms with E-state index in [2.05, 4.69) is 60.7 Å². The summed E-state index contributed by atoms with van der Waals surface area (Å²) in [5.41, 5.74) is 4.09. The monoisotopic (exact) mass is 478 g/mol. The van der Waals surface area contributed by atoms with Gasteiger partial charge in [0.05, 0.1) is 39.6 Å². The summed E-state index contributed by atoms with van der Waals surface area (Å²) in [5.74, 6) is 3.22. The molecule has 4 aromatic carbocycles. The first kappa shape index (κ1) is 23.6. The standard InChI is InChI=1S/C32H30O4/c1-33-25-17-6-5-7-18-26(34-2)31(25)29-21-13-8-10-15-23(21)30(24-16-11-9-14-22(24)29)32-27(35-3)19-12-20-28(32)36-4/h5-6,8-17,19-20H,7,18H2,1-4H3/b6-5-,25-17+,31-26-. The van der Waals surface area contributed by atoms with Gasteiger partial charge in [-0.15, -0.1) is 0 Å². The van der Waals surface area contributed by atoms with Gasteiger partial charge >= 0.3 is 0 Å². The van der Waals surface area contributed by atoms with E-state index in [1.807, 2.05) is 24.3 Å². The van der Waals surface area contributed by atoms with E-state index in [1.165, 1.54) is 0 Å². The maximum Gasteiger partial charge on any atom is 0.130 e. The van der Waals surface area contributed by atoms with Crippen molar-refractivity contribution in [3.63, 3.8) is 0 Å². The van der Waals surface area contributed by atoms with Crippen LogP contribution < -0.4 is 9.47 Å². The van der Waals surface area contributed by atoms with E-state index in [9.17, 15) is 0 Å². The molecular formula is C32H30O4. The molecule has 0 aromatic heterocycles. The van der Waals surface area contributed by atoms with Crippen molar-refractivity contribution in [2.45, 2.75) is 12.8 Å². The predicted molar refractivity (Wildman–Crippen MR) is 147 cm³/mol. The minimum Gasteiger partial charge on any atom is -0.500 e. The molecule has 1 aliphatic carbocycles. The summed E-state index contributed by atoms with van der Waals surface area (Å²) in [6.07, 6.45) is 7.90. The molecule has 0 heterocycles. The molecule has 182 valence electrons. The van der Waals surface area contributed by atoms with Gasteiger partial charge in [-0.05, 0) is 46.2 Å². The molecule has 0 fully saturated rings. The SMILES string of the molecule is COC1=C/C=C\CC/C(OC)=C\1c1c2ccccc2c(-c2c(OC)cccc2OC)c2ccccc12. The van der Waals surface area contributed by atoms with Crippen LogP contribution in [0, 0.1) is 0 Å². The molecular weight excluding hydrogens is 448 g/mol. The molecule has 0 spiro atoms. The first-order valence-corrected chi connectivity index (χ1v) is 12.1. The number of hydrogen-bond donors (Lipinski definition) is 0. The van der Waals surface area contributed by atoms with E-state index in [4.69, 9.17) is 18.9 Å². The Balaban J connectivity index is 2.01. The Labute approximate surface area is 212 Å². The van der Waals surface area contributed by atoms with Gasteiger partial charge in [0.25, 0.3) is 0 Å². The molecule has 4 heteroatoms. The number of fused-ring (bicyclic) bond motifs is 2. The van der Waals surface area contributed by atoms with Crippen LogP contribution in [0.3, 0.4) is 0 Å². The van der Waals surface area contributed by atoms with Crippen LogP contribution in [0.25, 0.3) is 38.2 Å². The van der Waals surface area contributed by atoms with Crippen LogP contribution in [0.5, 0.6) is 11.5 Å². The van der Waals surface area contributed by atoms with Crippen LogP contribution >= 0.6 is 0 Å². The highest BCUT2D eigenvalue weighted by Crippen LogP contribution is 2.49. The first-order valence-electron chi connectivity index (χ1n) is 12.1. The van der Waals surface area contributed by atoms with Crippen molar-refractivity contribution in [3.8, 4) is 22.6 Å². The van der Waals surface area contributed by atoms with Crippen LogP contribution in [0.1, 0.15) is 18.4 Å². The molecule has 0 atom stereocenters. The Morgan fingerprint density at radius 3 is 1.61 bits per heavy atom. The summed E-state index contributed by atoms with van der Waals surface area (Å²) in [7, 11) is 6.86. The van der Waals surface area contributed by atoms with E-state index >= 15 is 0 Å². The van der Waals surface area contributed by atoms with Gasteiger partial charge in [0.1, 0.15) is 23.0 Å². The normalized spacial score (nSPS) is 18.2. The zero-order valence-electron chi connectivity index (χ0n) is 21.1. The average molecular weight is 479 g/mol. The van der Waals surface area contributed by atoms with Crippen molar-refractivity contribution in [1.82, 2.24) is 0 Å². The molecule has 0 N–H and O–H groups in total. The minimum absolute atomic E-state index is 0.766. The molecule has 0 bridgehead atoms. The number of methoxy groups -OCH3 is 4. The second kappa shape index (κ2) is 10.2. The van der Waals surface area contributed by atoms with E-state index < -0.39 is 0 Å². The van der Waals surface area contributed by atoms with Crippen LogP contribution in [0.15, 0.2) is 96.5 Å². The number of ether oxygens (including phenoxy) is 4. The Morgan fingerprint density at radius 2 is 1.11 bits per heavy atom. The molecule has 0 amide bonds. The van der Waals surface area contributed by atoms with Crippen molar-refractivity contribution < 1.29 is 18.9 Å². The second-order valence-corrected chi connectivity index (χ2v) is 8.58. The fourth-order valence-electron chi connectivity index (χ4n) is 5.21. The van der Waals surface area contributed by atoms with Crippen LogP contribution in [0.4, 0.5) is 0 Å². The fourth-order valence-corrected chi connectivity index (χ4v) is 5.21. The van der Waals surface area contributed by atoms with Gasteiger partial charge in [-0.25, -0.2) is 0 Å². The van der Waals surface area contributed by atoms with Crippen molar-refractivity contribution >= 4 is 27.1 Å². The topological polar surface area (TPSA) is 36.9 Å².